The van der Waals surface area contributed by atoms with Crippen molar-refractivity contribution < 1.29 is 33.5 Å². The molecule has 0 saturated carbocycles. The van der Waals surface area contributed by atoms with Gasteiger partial charge in [0, 0.05) is 19.5 Å². The molecule has 0 saturated heterocycles. The average molecular weight is 319 g/mol. The first kappa shape index (κ1) is 20.3. The third-order valence-corrected chi connectivity index (χ3v) is 3.64. The monoisotopic (exact) mass is 319 g/mol. The van der Waals surface area contributed by atoms with Gasteiger partial charge in [0.15, 0.2) is 0 Å². The predicted octanol–water partition coefficient (Wildman–Crippen LogP) is -0.809. The van der Waals surface area contributed by atoms with Crippen LogP contribution >= 0.6 is 0 Å². The zero-order chi connectivity index (χ0) is 16.7. The molecule has 0 aliphatic carbocycles. The van der Waals surface area contributed by atoms with E-state index in [1.54, 1.807) is 11.9 Å². The fraction of sp³-hybridized carbons (Fsp3) is 0.316. The molecule has 0 unspecified atom stereocenters. The minimum Gasteiger partial charge on any atom is -0.549 e. The number of ether oxygens (including phenoxy) is 1. The van der Waals surface area contributed by atoms with Gasteiger partial charge in [0.25, 0.3) is 0 Å². The molecule has 2 aromatic rings. The van der Waals surface area contributed by atoms with Crippen LogP contribution in [0.2, 0.25) is 0 Å². The van der Waals surface area contributed by atoms with Crippen molar-refractivity contribution in [1.82, 2.24) is 4.90 Å². The number of benzene rings is 2. The predicted molar refractivity (Wildman–Crippen MR) is 88.1 cm³/mol. The normalized spacial score (nSPS) is 11.6. The summed E-state index contributed by atoms with van der Waals surface area (Å²) in [5.41, 5.74) is 2.26. The minimum absolute atomic E-state index is 0. The summed E-state index contributed by atoms with van der Waals surface area (Å²) in [5, 5.41) is 10.7. The van der Waals surface area contributed by atoms with Crippen molar-refractivity contribution in [2.75, 3.05) is 20.1 Å². The van der Waals surface area contributed by atoms with Gasteiger partial charge in [-0.1, -0.05) is 48.0 Å². The fourth-order valence-electron chi connectivity index (χ4n) is 2.38. The van der Waals surface area contributed by atoms with Gasteiger partial charge in [0.2, 0.25) is 0 Å². The molecule has 0 aliphatic rings. The number of nitrogens with zero attached hydrogens (tertiary/aromatic N) is 1. The smallest absolute Gasteiger partial charge is 0.549 e. The molecule has 0 amide bonds. The van der Waals surface area contributed by atoms with E-state index in [2.05, 4.69) is 0 Å². The molecule has 0 fully saturated rings. The summed E-state index contributed by atoms with van der Waals surface area (Å²) in [6.45, 7) is 2.57. The van der Waals surface area contributed by atoms with Crippen molar-refractivity contribution in [3.05, 3.63) is 65.7 Å². The molecular weight excluding hydrogens is 297 g/mol. The van der Waals surface area contributed by atoms with Crippen molar-refractivity contribution >= 4 is 5.97 Å². The van der Waals surface area contributed by atoms with Crippen LogP contribution in [0, 0.1) is 6.92 Å². The van der Waals surface area contributed by atoms with Crippen LogP contribution in [0.1, 0.15) is 23.7 Å². The van der Waals surface area contributed by atoms with Crippen molar-refractivity contribution in [2.24, 2.45) is 0 Å². The summed E-state index contributed by atoms with van der Waals surface area (Å²) >= 11 is 0. The van der Waals surface area contributed by atoms with Crippen LogP contribution in [0.4, 0.5) is 0 Å². The van der Waals surface area contributed by atoms with Crippen LogP contribution in [0.5, 0.6) is 5.75 Å². The summed E-state index contributed by atoms with van der Waals surface area (Å²) in [5.74, 6) is -0.254. The Kier molecular flexibility index (Phi) is 8.63. The molecule has 2 rings (SSSR count). The van der Waals surface area contributed by atoms with Gasteiger partial charge < -0.3 is 19.5 Å². The molecule has 2 aromatic carbocycles. The summed E-state index contributed by atoms with van der Waals surface area (Å²) < 4.78 is 6.12. The number of hydrogen-bond donors (Lipinski definition) is 0. The Bertz CT molecular complexity index is 616. The number of carbonyl (C=O) groups excluding carboxylic acids is 1. The summed E-state index contributed by atoms with van der Waals surface area (Å²) in [6.07, 6.45) is 0.574. The van der Waals surface area contributed by atoms with Crippen LogP contribution in [-0.4, -0.2) is 31.0 Å². The number of carboxylic acids is 1. The molecule has 0 radical (unpaired) electrons. The van der Waals surface area contributed by atoms with E-state index in [9.17, 15) is 9.90 Å². The molecule has 122 valence electrons. The first-order valence-corrected chi connectivity index (χ1v) is 7.71. The van der Waals surface area contributed by atoms with Gasteiger partial charge in [-0.2, -0.15) is 0 Å². The molecule has 0 aromatic heterocycles. The summed E-state index contributed by atoms with van der Waals surface area (Å²) in [7, 11) is 1.77. The van der Waals surface area contributed by atoms with E-state index in [0.717, 1.165) is 11.3 Å². The topological polar surface area (TPSA) is 52.6 Å². The van der Waals surface area contributed by atoms with E-state index in [4.69, 9.17) is 4.74 Å². The molecule has 0 bridgehead atoms. The van der Waals surface area contributed by atoms with E-state index in [1.807, 2.05) is 61.5 Å². The van der Waals surface area contributed by atoms with Gasteiger partial charge in [-0.15, -0.1) is 0 Å². The molecule has 1 atom stereocenters. The first-order chi connectivity index (χ1) is 11.0. The van der Waals surface area contributed by atoms with Crippen LogP contribution in [-0.2, 0) is 4.79 Å². The Morgan fingerprint density at radius 1 is 1.12 bits per heavy atom. The maximum Gasteiger partial charge on any atom is 1.00 e. The maximum absolute atomic E-state index is 10.7. The van der Waals surface area contributed by atoms with E-state index in [1.165, 1.54) is 5.56 Å². The molecule has 5 heteroatoms. The molecule has 0 spiro atoms. The number of carbonyl (C=O) groups is 1. The standard InChI is InChI=1S/C19H23NO3.Li/c1-15-8-10-17(11-9-15)23-18(16-6-4-3-5-7-16)12-13-20(2)14-19(21)22;/h3-11,18H,12-14H2,1-2H3,(H,21,22);/q;+1/p-1/t18-;/m0./s1. The second-order valence-corrected chi connectivity index (χ2v) is 5.73. The van der Waals surface area contributed by atoms with Crippen molar-refractivity contribution in [1.29, 1.82) is 0 Å². The van der Waals surface area contributed by atoms with E-state index < -0.39 is 5.97 Å². The molecule has 4 nitrogen and oxygen atoms in total. The van der Waals surface area contributed by atoms with Gasteiger partial charge in [-0.3, -0.25) is 0 Å². The van der Waals surface area contributed by atoms with Crippen LogP contribution in [0.15, 0.2) is 54.6 Å². The number of aryl methyl sites for hydroxylation is 1. The molecule has 0 N–H and O–H groups in total. The second kappa shape index (κ2) is 10.2. The van der Waals surface area contributed by atoms with Gasteiger partial charge in [0.1, 0.15) is 11.9 Å². The second-order valence-electron chi connectivity index (χ2n) is 5.73. The molecule has 0 aliphatic heterocycles. The third kappa shape index (κ3) is 6.80. The SMILES string of the molecule is Cc1ccc(O[C@@H](CCN(C)CC(=O)[O-])c2ccccc2)cc1.[Li+]. The van der Waals surface area contributed by atoms with Crippen molar-refractivity contribution in [2.45, 2.75) is 19.4 Å². The Labute approximate surface area is 155 Å². The number of hydrogen-bond acceptors (Lipinski definition) is 4. The van der Waals surface area contributed by atoms with Crippen LogP contribution in [0.3, 0.4) is 0 Å². The number of carboxylic acid groups (broad SMARTS) is 1. The Morgan fingerprint density at radius 2 is 1.75 bits per heavy atom. The summed E-state index contributed by atoms with van der Waals surface area (Å²) in [6, 6.07) is 17.9. The Hall–Kier alpha value is -1.73. The van der Waals surface area contributed by atoms with Crippen LogP contribution in [0.25, 0.3) is 0 Å². The van der Waals surface area contributed by atoms with Gasteiger partial charge in [0.05, 0.1) is 5.97 Å². The van der Waals surface area contributed by atoms with Crippen molar-refractivity contribution in [3.8, 4) is 5.75 Å². The van der Waals surface area contributed by atoms with Crippen molar-refractivity contribution in [3.63, 3.8) is 0 Å². The molecule has 0 heterocycles. The Morgan fingerprint density at radius 3 is 2.33 bits per heavy atom. The van der Waals surface area contributed by atoms with E-state index in [0.29, 0.717) is 13.0 Å². The molecular formula is C19H22LiNO3. The fourth-order valence-corrected chi connectivity index (χ4v) is 2.38. The Balaban J connectivity index is 0.00000288. The number of rotatable bonds is 8. The summed E-state index contributed by atoms with van der Waals surface area (Å²) in [4.78, 5) is 12.4. The maximum atomic E-state index is 10.7. The first-order valence-electron chi connectivity index (χ1n) is 7.71. The van der Waals surface area contributed by atoms with Gasteiger partial charge in [-0.25, -0.2) is 0 Å². The van der Waals surface area contributed by atoms with Gasteiger partial charge >= 0.3 is 18.9 Å². The van der Waals surface area contributed by atoms with E-state index >= 15 is 0 Å². The van der Waals surface area contributed by atoms with E-state index in [-0.39, 0.29) is 31.5 Å². The molecule has 24 heavy (non-hydrogen) atoms. The average Bonchev–Trinajstić information content (AvgIpc) is 2.53. The number of likely N-dealkylation sites (N-methyl/N-ethyl adjacent to an activating group) is 1. The largest absolute Gasteiger partial charge is 1.00 e. The third-order valence-electron chi connectivity index (χ3n) is 3.64. The zero-order valence-corrected chi connectivity index (χ0v) is 14.6. The zero-order valence-electron chi connectivity index (χ0n) is 14.6. The van der Waals surface area contributed by atoms with Crippen LogP contribution < -0.4 is 28.7 Å². The van der Waals surface area contributed by atoms with Gasteiger partial charge in [-0.05, 0) is 31.7 Å². The quantitative estimate of drug-likeness (QED) is 0.597. The number of aliphatic carboxylic acids is 1. The minimum atomic E-state index is -1.07.